The molecule has 0 heterocycles. The second-order valence-corrected chi connectivity index (χ2v) is 11.3. The van der Waals surface area contributed by atoms with Crippen LogP contribution in [0.2, 0.25) is 19.6 Å². The van der Waals surface area contributed by atoms with E-state index >= 15 is 0 Å². The van der Waals surface area contributed by atoms with Crippen molar-refractivity contribution in [3.8, 4) is 0 Å². The first-order valence-corrected chi connectivity index (χ1v) is 10.6. The SMILES string of the molecule is CCCCCC[N+](C)(C)CCCO[Si](C)(C)C. The Kier molecular flexibility index (Phi) is 8.34. The van der Waals surface area contributed by atoms with Gasteiger partial charge in [-0.2, -0.15) is 0 Å². The van der Waals surface area contributed by atoms with Crippen molar-refractivity contribution in [1.29, 1.82) is 0 Å². The number of quaternary nitrogens is 1. The zero-order chi connectivity index (χ0) is 13.4. The van der Waals surface area contributed by atoms with Crippen molar-refractivity contribution in [3.63, 3.8) is 0 Å². The van der Waals surface area contributed by atoms with Crippen LogP contribution in [0.3, 0.4) is 0 Å². The molecule has 0 aliphatic carbocycles. The van der Waals surface area contributed by atoms with Crippen LogP contribution in [-0.4, -0.2) is 46.6 Å². The van der Waals surface area contributed by atoms with Crippen LogP contribution >= 0.6 is 0 Å². The van der Waals surface area contributed by atoms with E-state index in [1.54, 1.807) is 0 Å². The van der Waals surface area contributed by atoms with Crippen molar-refractivity contribution in [2.45, 2.75) is 58.7 Å². The standard InChI is InChI=1S/C14H34NOSi/c1-7-8-9-10-12-15(2,3)13-11-14-16-17(4,5)6/h7-14H2,1-6H3/q+1. The third-order valence-electron chi connectivity index (χ3n) is 3.06. The van der Waals surface area contributed by atoms with Gasteiger partial charge in [-0.25, -0.2) is 0 Å². The van der Waals surface area contributed by atoms with Crippen molar-refractivity contribution in [2.75, 3.05) is 33.8 Å². The lowest BCUT2D eigenvalue weighted by Gasteiger charge is -2.30. The first-order valence-electron chi connectivity index (χ1n) is 7.23. The van der Waals surface area contributed by atoms with Crippen molar-refractivity contribution in [3.05, 3.63) is 0 Å². The molecule has 2 nitrogen and oxygen atoms in total. The normalized spacial score (nSPS) is 13.1. The topological polar surface area (TPSA) is 9.23 Å². The summed E-state index contributed by atoms with van der Waals surface area (Å²) < 4.78 is 7.05. The van der Waals surface area contributed by atoms with Crippen molar-refractivity contribution >= 4 is 8.32 Å². The summed E-state index contributed by atoms with van der Waals surface area (Å²) in [6.45, 7) is 12.6. The number of rotatable bonds is 10. The van der Waals surface area contributed by atoms with E-state index in [2.05, 4.69) is 40.7 Å². The van der Waals surface area contributed by atoms with Gasteiger partial charge < -0.3 is 8.91 Å². The third-order valence-corrected chi connectivity index (χ3v) is 4.13. The van der Waals surface area contributed by atoms with Gasteiger partial charge in [0.1, 0.15) is 0 Å². The van der Waals surface area contributed by atoms with Gasteiger partial charge in [0.05, 0.1) is 27.2 Å². The number of unbranched alkanes of at least 4 members (excludes halogenated alkanes) is 3. The van der Waals surface area contributed by atoms with E-state index in [4.69, 9.17) is 4.43 Å². The molecule has 0 aromatic rings. The molecule has 104 valence electrons. The average Bonchev–Trinajstić information content (AvgIpc) is 2.18. The van der Waals surface area contributed by atoms with Crippen molar-refractivity contribution < 1.29 is 8.91 Å². The molecule has 0 saturated heterocycles. The highest BCUT2D eigenvalue weighted by atomic mass is 28.4. The molecule has 0 aliphatic heterocycles. The largest absolute Gasteiger partial charge is 0.417 e. The first-order chi connectivity index (χ1) is 7.77. The predicted molar refractivity (Wildman–Crippen MR) is 79.9 cm³/mol. The van der Waals surface area contributed by atoms with E-state index in [-0.39, 0.29) is 0 Å². The molecule has 0 atom stereocenters. The molecule has 0 aliphatic rings. The molecule has 0 amide bonds. The molecule has 0 unspecified atom stereocenters. The van der Waals surface area contributed by atoms with Gasteiger partial charge in [0.15, 0.2) is 8.32 Å². The third kappa shape index (κ3) is 12.4. The Bertz CT molecular complexity index is 187. The molecule has 0 N–H and O–H groups in total. The Labute approximate surface area is 110 Å². The van der Waals surface area contributed by atoms with Gasteiger partial charge in [0, 0.05) is 13.0 Å². The molecule has 0 saturated carbocycles. The minimum atomic E-state index is -1.30. The average molecular weight is 261 g/mol. The number of hydrogen-bond acceptors (Lipinski definition) is 1. The quantitative estimate of drug-likeness (QED) is 0.329. The van der Waals surface area contributed by atoms with Gasteiger partial charge in [-0.3, -0.25) is 0 Å². The molecule has 0 fully saturated rings. The summed E-state index contributed by atoms with van der Waals surface area (Å²) in [5, 5.41) is 0. The van der Waals surface area contributed by atoms with Crippen LogP contribution in [-0.2, 0) is 4.43 Å². The summed E-state index contributed by atoms with van der Waals surface area (Å²) in [6.07, 6.45) is 6.68. The Balaban J connectivity index is 3.56. The maximum atomic E-state index is 5.90. The van der Waals surface area contributed by atoms with Gasteiger partial charge in [0.25, 0.3) is 0 Å². The molecule has 0 aromatic heterocycles. The fourth-order valence-corrected chi connectivity index (χ4v) is 2.71. The predicted octanol–water partition coefficient (Wildman–Crippen LogP) is 3.88. The Hall–Kier alpha value is 0.137. The van der Waals surface area contributed by atoms with Gasteiger partial charge in [0.2, 0.25) is 0 Å². The van der Waals surface area contributed by atoms with Crippen LogP contribution < -0.4 is 0 Å². The summed E-state index contributed by atoms with van der Waals surface area (Å²) in [7, 11) is 3.40. The lowest BCUT2D eigenvalue weighted by atomic mass is 10.2. The lowest BCUT2D eigenvalue weighted by molar-refractivity contribution is -0.890. The first kappa shape index (κ1) is 17.1. The Morgan fingerprint density at radius 3 is 2.00 bits per heavy atom. The minimum absolute atomic E-state index is 0.951. The van der Waals surface area contributed by atoms with Gasteiger partial charge in [-0.1, -0.05) is 19.8 Å². The smallest absolute Gasteiger partial charge is 0.183 e. The van der Waals surface area contributed by atoms with Crippen molar-refractivity contribution in [1.82, 2.24) is 0 Å². The molecule has 17 heavy (non-hydrogen) atoms. The van der Waals surface area contributed by atoms with E-state index in [0.29, 0.717) is 0 Å². The highest BCUT2D eigenvalue weighted by molar-refractivity contribution is 6.69. The molecule has 0 bridgehead atoms. The van der Waals surface area contributed by atoms with Crippen LogP contribution in [0.4, 0.5) is 0 Å². The van der Waals surface area contributed by atoms with Gasteiger partial charge in [-0.15, -0.1) is 0 Å². The molecule has 3 heteroatoms. The zero-order valence-corrected chi connectivity index (χ0v) is 14.0. The van der Waals surface area contributed by atoms with Crippen LogP contribution in [0.25, 0.3) is 0 Å². The van der Waals surface area contributed by atoms with E-state index in [1.165, 1.54) is 45.2 Å². The van der Waals surface area contributed by atoms with Crippen LogP contribution in [0, 0.1) is 0 Å². The van der Waals surface area contributed by atoms with E-state index < -0.39 is 8.32 Å². The van der Waals surface area contributed by atoms with E-state index in [9.17, 15) is 0 Å². The summed E-state index contributed by atoms with van der Waals surface area (Å²) in [5.41, 5.74) is 0. The highest BCUT2D eigenvalue weighted by Gasteiger charge is 2.16. The molecule has 0 radical (unpaired) electrons. The minimum Gasteiger partial charge on any atom is -0.417 e. The number of hydrogen-bond donors (Lipinski definition) is 0. The molecule has 0 spiro atoms. The number of nitrogens with zero attached hydrogens (tertiary/aromatic N) is 1. The van der Waals surface area contributed by atoms with E-state index in [0.717, 1.165) is 11.1 Å². The van der Waals surface area contributed by atoms with E-state index in [1.807, 2.05) is 0 Å². The summed E-state index contributed by atoms with van der Waals surface area (Å²) in [5.74, 6) is 0. The molecular formula is C14H34NOSi+. The summed E-state index contributed by atoms with van der Waals surface area (Å²) >= 11 is 0. The highest BCUT2D eigenvalue weighted by Crippen LogP contribution is 2.08. The van der Waals surface area contributed by atoms with Gasteiger partial charge >= 0.3 is 0 Å². The monoisotopic (exact) mass is 260 g/mol. The fourth-order valence-electron chi connectivity index (χ4n) is 1.95. The van der Waals surface area contributed by atoms with Crippen LogP contribution in [0.1, 0.15) is 39.0 Å². The maximum absolute atomic E-state index is 5.90. The zero-order valence-electron chi connectivity index (χ0n) is 13.0. The lowest BCUT2D eigenvalue weighted by Crippen LogP contribution is -2.42. The Morgan fingerprint density at radius 2 is 1.47 bits per heavy atom. The second-order valence-electron chi connectivity index (χ2n) is 6.76. The molecule has 0 rings (SSSR count). The summed E-state index contributed by atoms with van der Waals surface area (Å²) in [4.78, 5) is 0. The van der Waals surface area contributed by atoms with Crippen molar-refractivity contribution in [2.24, 2.45) is 0 Å². The fraction of sp³-hybridized carbons (Fsp3) is 1.00. The van der Waals surface area contributed by atoms with Crippen LogP contribution in [0.15, 0.2) is 0 Å². The maximum Gasteiger partial charge on any atom is 0.183 e. The van der Waals surface area contributed by atoms with Crippen LogP contribution in [0.5, 0.6) is 0 Å². The summed E-state index contributed by atoms with van der Waals surface area (Å²) in [6, 6.07) is 0. The molecule has 0 aromatic carbocycles. The second kappa shape index (κ2) is 8.28. The Morgan fingerprint density at radius 1 is 0.882 bits per heavy atom. The van der Waals surface area contributed by atoms with Gasteiger partial charge in [-0.05, 0) is 32.5 Å². The molecular weight excluding hydrogens is 226 g/mol.